The van der Waals surface area contributed by atoms with Crippen molar-refractivity contribution in [3.05, 3.63) is 47.2 Å². The number of benzene rings is 1. The van der Waals surface area contributed by atoms with Gasteiger partial charge in [0.1, 0.15) is 17.3 Å². The first kappa shape index (κ1) is 20.9. The van der Waals surface area contributed by atoms with Crippen molar-refractivity contribution in [1.29, 1.82) is 5.41 Å². The second-order valence-electron chi connectivity index (χ2n) is 6.51. The fourth-order valence-electron chi connectivity index (χ4n) is 3.12. The quantitative estimate of drug-likeness (QED) is 0.453. The van der Waals surface area contributed by atoms with Crippen molar-refractivity contribution < 1.29 is 26.7 Å². The molecule has 0 aromatic heterocycles. The van der Waals surface area contributed by atoms with Gasteiger partial charge in [-0.1, -0.05) is 19.3 Å². The van der Waals surface area contributed by atoms with Gasteiger partial charge in [0, 0.05) is 18.7 Å². The van der Waals surface area contributed by atoms with E-state index >= 15 is 0 Å². The van der Waals surface area contributed by atoms with Crippen LogP contribution in [-0.4, -0.2) is 28.7 Å². The van der Waals surface area contributed by atoms with E-state index in [0.717, 1.165) is 31.4 Å². The monoisotopic (exact) mass is 389 g/mol. The molecule has 0 atom stereocenters. The normalized spacial score (nSPS) is 16.3. The van der Waals surface area contributed by atoms with Gasteiger partial charge < -0.3 is 10.6 Å². The molecule has 0 bridgehead atoms. The summed E-state index contributed by atoms with van der Waals surface area (Å²) in [6.07, 6.45) is -0.795. The Morgan fingerprint density at radius 3 is 2.22 bits per heavy atom. The lowest BCUT2D eigenvalue weighted by atomic mass is 9.93. The van der Waals surface area contributed by atoms with E-state index in [9.17, 15) is 26.7 Å². The number of halogens is 5. The van der Waals surface area contributed by atoms with Gasteiger partial charge in [0.25, 0.3) is 5.91 Å². The third-order valence-corrected chi connectivity index (χ3v) is 4.40. The van der Waals surface area contributed by atoms with Gasteiger partial charge in [-0.15, -0.1) is 0 Å². The molecule has 4 nitrogen and oxygen atoms in total. The average molecular weight is 389 g/mol. The molecule has 1 aromatic rings. The van der Waals surface area contributed by atoms with Crippen LogP contribution < -0.4 is 5.73 Å². The lowest BCUT2D eigenvalue weighted by Gasteiger charge is -2.34. The number of nitrogens with zero attached hydrogens (tertiary/aromatic N) is 1. The topological polar surface area (TPSA) is 70.2 Å². The first-order valence-corrected chi connectivity index (χ1v) is 8.47. The highest BCUT2D eigenvalue weighted by atomic mass is 19.4. The van der Waals surface area contributed by atoms with E-state index in [-0.39, 0.29) is 24.2 Å². The second kappa shape index (κ2) is 8.49. The maximum Gasteiger partial charge on any atom is 0.432 e. The van der Waals surface area contributed by atoms with Crippen LogP contribution in [0.4, 0.5) is 22.0 Å². The fourth-order valence-corrected chi connectivity index (χ4v) is 3.12. The summed E-state index contributed by atoms with van der Waals surface area (Å²) in [6, 6.07) is 2.51. The molecule has 0 spiro atoms. The third-order valence-electron chi connectivity index (χ3n) is 4.40. The van der Waals surface area contributed by atoms with Crippen molar-refractivity contribution in [2.75, 3.05) is 0 Å². The minimum absolute atomic E-state index is 0.171. The zero-order chi connectivity index (χ0) is 20.2. The van der Waals surface area contributed by atoms with Crippen LogP contribution >= 0.6 is 0 Å². The standard InChI is InChI=1S/C18H20F5N3O/c19-12-6-11(7-13(20)8-12)10-26(14-4-2-1-3-5-14)17(27)15(24)9-16(25)18(21,22)23/h6-9,14,25H,1-5,10,24H2/b15-9-,25-16?. The van der Waals surface area contributed by atoms with E-state index in [1.54, 1.807) is 0 Å². The van der Waals surface area contributed by atoms with Crippen molar-refractivity contribution in [2.45, 2.75) is 50.9 Å². The van der Waals surface area contributed by atoms with Gasteiger partial charge in [-0.25, -0.2) is 8.78 Å². The molecular formula is C18H20F5N3O. The zero-order valence-corrected chi connectivity index (χ0v) is 14.5. The number of amides is 1. The first-order valence-electron chi connectivity index (χ1n) is 8.47. The lowest BCUT2D eigenvalue weighted by Crippen LogP contribution is -2.43. The predicted octanol–water partition coefficient (Wildman–Crippen LogP) is 4.05. The Morgan fingerprint density at radius 2 is 1.70 bits per heavy atom. The molecule has 0 radical (unpaired) electrons. The van der Waals surface area contributed by atoms with Gasteiger partial charge in [0.05, 0.1) is 5.70 Å². The molecule has 9 heteroatoms. The molecule has 0 unspecified atom stereocenters. The Balaban J connectivity index is 2.29. The van der Waals surface area contributed by atoms with Crippen LogP contribution in [0.5, 0.6) is 0 Å². The third kappa shape index (κ3) is 5.77. The van der Waals surface area contributed by atoms with Gasteiger partial charge in [-0.3, -0.25) is 10.2 Å². The minimum Gasteiger partial charge on any atom is -0.394 e. The van der Waals surface area contributed by atoms with Crippen LogP contribution in [0.3, 0.4) is 0 Å². The summed E-state index contributed by atoms with van der Waals surface area (Å²) >= 11 is 0. The molecule has 3 N–H and O–H groups in total. The molecule has 0 heterocycles. The molecule has 1 aliphatic carbocycles. The summed E-state index contributed by atoms with van der Waals surface area (Å²) in [5.41, 5.74) is 3.21. The number of allylic oxidation sites excluding steroid dienone is 1. The highest BCUT2D eigenvalue weighted by Gasteiger charge is 2.34. The highest BCUT2D eigenvalue weighted by Crippen LogP contribution is 2.26. The zero-order valence-electron chi connectivity index (χ0n) is 14.5. The molecule has 2 rings (SSSR count). The van der Waals surface area contributed by atoms with Crippen LogP contribution in [-0.2, 0) is 11.3 Å². The summed E-state index contributed by atoms with van der Waals surface area (Å²) in [4.78, 5) is 13.9. The van der Waals surface area contributed by atoms with E-state index in [4.69, 9.17) is 11.1 Å². The lowest BCUT2D eigenvalue weighted by molar-refractivity contribution is -0.130. The highest BCUT2D eigenvalue weighted by molar-refractivity contribution is 6.04. The van der Waals surface area contributed by atoms with Crippen LogP contribution in [0.15, 0.2) is 30.0 Å². The van der Waals surface area contributed by atoms with Crippen LogP contribution in [0.2, 0.25) is 0 Å². The van der Waals surface area contributed by atoms with Crippen LogP contribution in [0, 0.1) is 17.0 Å². The molecule has 1 fully saturated rings. The number of hydrogen-bond donors (Lipinski definition) is 2. The summed E-state index contributed by atoms with van der Waals surface area (Å²) in [7, 11) is 0. The van der Waals surface area contributed by atoms with Crippen molar-refractivity contribution in [3.63, 3.8) is 0 Å². The number of carbonyl (C=O) groups excluding carboxylic acids is 1. The Morgan fingerprint density at radius 1 is 1.15 bits per heavy atom. The number of carbonyl (C=O) groups is 1. The van der Waals surface area contributed by atoms with Crippen molar-refractivity contribution in [1.82, 2.24) is 4.90 Å². The molecule has 1 amide bonds. The predicted molar refractivity (Wildman–Crippen MR) is 89.8 cm³/mol. The van der Waals surface area contributed by atoms with E-state index in [0.29, 0.717) is 18.9 Å². The van der Waals surface area contributed by atoms with Gasteiger partial charge in [-0.05, 0) is 36.6 Å². The minimum atomic E-state index is -4.92. The molecule has 1 aromatic carbocycles. The molecule has 0 saturated heterocycles. The molecule has 1 aliphatic rings. The van der Waals surface area contributed by atoms with E-state index in [2.05, 4.69) is 0 Å². The number of nitrogens with one attached hydrogen (secondary N) is 1. The molecule has 148 valence electrons. The van der Waals surface area contributed by atoms with Gasteiger partial charge >= 0.3 is 6.18 Å². The molecule has 0 aliphatic heterocycles. The van der Waals surface area contributed by atoms with Gasteiger partial charge in [-0.2, -0.15) is 13.2 Å². The number of alkyl halides is 3. The largest absolute Gasteiger partial charge is 0.432 e. The maximum atomic E-state index is 13.5. The second-order valence-corrected chi connectivity index (χ2v) is 6.51. The van der Waals surface area contributed by atoms with E-state index < -0.39 is 35.1 Å². The molecular weight excluding hydrogens is 369 g/mol. The summed E-state index contributed by atoms with van der Waals surface area (Å²) in [5.74, 6) is -2.52. The van der Waals surface area contributed by atoms with Crippen molar-refractivity contribution in [3.8, 4) is 0 Å². The van der Waals surface area contributed by atoms with E-state index in [1.165, 1.54) is 4.90 Å². The Bertz CT molecular complexity index is 719. The smallest absolute Gasteiger partial charge is 0.394 e. The average Bonchev–Trinajstić information content (AvgIpc) is 2.58. The molecule has 1 saturated carbocycles. The number of rotatable bonds is 5. The van der Waals surface area contributed by atoms with Crippen molar-refractivity contribution >= 4 is 11.6 Å². The Kier molecular flexibility index (Phi) is 6.56. The fraction of sp³-hybridized carbons (Fsp3) is 0.444. The van der Waals surface area contributed by atoms with Crippen molar-refractivity contribution in [2.24, 2.45) is 5.73 Å². The molecule has 27 heavy (non-hydrogen) atoms. The Hall–Kier alpha value is -2.45. The maximum absolute atomic E-state index is 13.5. The Labute approximate surface area is 153 Å². The van der Waals surface area contributed by atoms with Crippen LogP contribution in [0.25, 0.3) is 0 Å². The summed E-state index contributed by atoms with van der Waals surface area (Å²) < 4.78 is 64.5. The van der Waals surface area contributed by atoms with Crippen LogP contribution in [0.1, 0.15) is 37.7 Å². The summed E-state index contributed by atoms with van der Waals surface area (Å²) in [6.45, 7) is -0.188. The summed E-state index contributed by atoms with van der Waals surface area (Å²) in [5, 5.41) is 6.98. The first-order chi connectivity index (χ1) is 12.6. The SMILES string of the molecule is N=C(/C=C(\N)C(=O)N(Cc1cc(F)cc(F)c1)C1CCCCC1)C(F)(F)F. The van der Waals surface area contributed by atoms with E-state index in [1.807, 2.05) is 0 Å². The number of nitrogens with two attached hydrogens (primary N) is 1. The number of hydrogen-bond acceptors (Lipinski definition) is 3. The van der Waals surface area contributed by atoms with Gasteiger partial charge in [0.2, 0.25) is 0 Å². The van der Waals surface area contributed by atoms with Gasteiger partial charge in [0.15, 0.2) is 0 Å².